The van der Waals surface area contributed by atoms with Gasteiger partial charge in [0, 0.05) is 56.4 Å². The topological polar surface area (TPSA) is 545 Å². The lowest BCUT2D eigenvalue weighted by molar-refractivity contribution is 0.200. The molecule has 0 bridgehead atoms. The van der Waals surface area contributed by atoms with Gasteiger partial charge >= 0.3 is 72.4 Å². The number of nitrogens with one attached hydrogen (secondary N) is 7. The Labute approximate surface area is 295 Å². The van der Waals surface area contributed by atoms with Crippen LogP contribution in [0.1, 0.15) is 0 Å². The van der Waals surface area contributed by atoms with Crippen molar-refractivity contribution in [2.24, 2.45) is 45.9 Å². The molecule has 32 nitrogen and oxygen atoms in total. The number of imide groups is 5. The molecule has 32 heteroatoms. The lowest BCUT2D eigenvalue weighted by atomic mass is 10.7. The van der Waals surface area contributed by atoms with E-state index in [0.29, 0.717) is 0 Å². The van der Waals surface area contributed by atoms with Gasteiger partial charge in [-0.25, -0.2) is 88.0 Å². The first-order valence-electron chi connectivity index (χ1n) is 12.6. The summed E-state index contributed by atoms with van der Waals surface area (Å²) in [6.45, 7) is 0. The summed E-state index contributed by atoms with van der Waals surface area (Å²) in [5.74, 6) is 0. The van der Waals surface area contributed by atoms with Crippen molar-refractivity contribution in [3.63, 3.8) is 0 Å². The first-order valence-corrected chi connectivity index (χ1v) is 12.6. The number of hydrogen-bond acceptors (Lipinski definition) is 13. The van der Waals surface area contributed by atoms with Crippen LogP contribution in [0.3, 0.4) is 0 Å². The third-order valence-corrected chi connectivity index (χ3v) is 3.95. The predicted molar refractivity (Wildman–Crippen MR) is 180 cm³/mol. The molecule has 0 heterocycles. The van der Waals surface area contributed by atoms with E-state index in [9.17, 15) is 57.5 Å². The fraction of sp³-hybridized carbons (Fsp3) is 0.400. The Morgan fingerprint density at radius 2 is 0.500 bits per heavy atom. The highest BCUT2D eigenvalue weighted by atomic mass is 16.2. The number of nitrogens with zero attached hydrogens (tertiary/aromatic N) is 4. The number of nitrogens with two attached hydrogens (primary N) is 8. The molecule has 0 aliphatic heterocycles. The maximum absolute atomic E-state index is 10.5. The number of hydrogen-bond donors (Lipinski definition) is 16. The number of rotatable bonds is 0. The number of amides is 24. The zero-order chi connectivity index (χ0) is 42.2. The van der Waals surface area contributed by atoms with Crippen molar-refractivity contribution >= 4 is 72.4 Å². The van der Waals surface area contributed by atoms with Crippen LogP contribution >= 0.6 is 0 Å². The van der Waals surface area contributed by atoms with Gasteiger partial charge in [0.1, 0.15) is 0 Å². The molecule has 0 unspecified atom stereocenters. The lowest BCUT2D eigenvalue weighted by Crippen LogP contribution is -2.46. The maximum Gasteiger partial charge on any atom is 0.330 e. The zero-order valence-electron chi connectivity index (χ0n) is 29.5. The summed E-state index contributed by atoms with van der Waals surface area (Å²) in [5, 5.41) is 10.5. The lowest BCUT2D eigenvalue weighted by Gasteiger charge is -2.09. The van der Waals surface area contributed by atoms with Crippen LogP contribution in [0.4, 0.5) is 57.5 Å². The summed E-state index contributed by atoms with van der Waals surface area (Å²) < 4.78 is 0. The van der Waals surface area contributed by atoms with Crippen molar-refractivity contribution in [2.75, 3.05) is 56.4 Å². The quantitative estimate of drug-likeness (QED) is 0.103. The molecule has 0 spiro atoms. The largest absolute Gasteiger partial charge is 0.351 e. The van der Waals surface area contributed by atoms with Gasteiger partial charge in [-0.2, -0.15) is 0 Å². The fourth-order valence-electron chi connectivity index (χ4n) is 1.32. The van der Waals surface area contributed by atoms with Crippen molar-refractivity contribution in [3.8, 4) is 0 Å². The molecule has 0 aliphatic carbocycles. The Morgan fingerprint density at radius 3 is 0.538 bits per heavy atom. The van der Waals surface area contributed by atoms with Gasteiger partial charge < -0.3 is 73.3 Å². The molecule has 0 radical (unpaired) electrons. The zero-order valence-corrected chi connectivity index (χ0v) is 29.5. The molecule has 302 valence electrons. The van der Waals surface area contributed by atoms with Crippen molar-refractivity contribution < 1.29 is 57.5 Å². The third kappa shape index (κ3) is 42.2. The minimum absolute atomic E-state index is 0. The van der Waals surface area contributed by atoms with Crippen LogP contribution in [0.25, 0.3) is 0 Å². The SMILES string of the molecule is CNC(=O)N(C)C(N)=O.CNC(=O)N(C)C(N)=O.CNC(=O)N(C)C(N)=O.CNC(=O)N(C)C(N)=O.N.NC(=O)NC(N)=O.NC(=O)NNC(N)=O. The summed E-state index contributed by atoms with van der Waals surface area (Å²) in [4.78, 5) is 124. The molecule has 0 fully saturated rings. The smallest absolute Gasteiger partial charge is 0.330 e. The molecule has 0 aliphatic rings. The minimum Gasteiger partial charge on any atom is -0.351 e. The average Bonchev–Trinajstić information content (AvgIpc) is 3.04. The summed E-state index contributed by atoms with van der Waals surface area (Å²) in [6, 6.07) is -8.71. The second-order valence-corrected chi connectivity index (χ2v) is 7.64. The van der Waals surface area contributed by atoms with E-state index in [2.05, 4.69) is 44.2 Å². The first kappa shape index (κ1) is 59.6. The van der Waals surface area contributed by atoms with Crippen LogP contribution in [-0.2, 0) is 0 Å². The second kappa shape index (κ2) is 34.5. The van der Waals surface area contributed by atoms with Gasteiger partial charge in [-0.15, -0.1) is 0 Å². The van der Waals surface area contributed by atoms with Crippen molar-refractivity contribution in [3.05, 3.63) is 0 Å². The van der Waals surface area contributed by atoms with Crippen LogP contribution in [-0.4, -0.2) is 148 Å². The molecule has 0 saturated carbocycles. The number of carbonyl (C=O) groups is 12. The van der Waals surface area contributed by atoms with Gasteiger partial charge in [0.2, 0.25) is 0 Å². The molecule has 24 amide bonds. The Morgan fingerprint density at radius 1 is 0.346 bits per heavy atom. The first-order chi connectivity index (χ1) is 23.1. The summed E-state index contributed by atoms with van der Waals surface area (Å²) in [5.41, 5.74) is 40.4. The van der Waals surface area contributed by atoms with E-state index in [4.69, 9.17) is 22.9 Å². The maximum atomic E-state index is 10.5. The van der Waals surface area contributed by atoms with E-state index < -0.39 is 72.4 Å². The number of hydrazine groups is 1. The molecule has 0 rings (SSSR count). The van der Waals surface area contributed by atoms with Crippen molar-refractivity contribution in [1.29, 1.82) is 0 Å². The van der Waals surface area contributed by atoms with Crippen LogP contribution in [0.5, 0.6) is 0 Å². The summed E-state index contributed by atoms with van der Waals surface area (Å²) >= 11 is 0. The van der Waals surface area contributed by atoms with Crippen LogP contribution in [0.2, 0.25) is 0 Å². The molecule has 0 atom stereocenters. The van der Waals surface area contributed by atoms with Crippen LogP contribution < -0.4 is 89.5 Å². The molecule has 52 heavy (non-hydrogen) atoms. The molecule has 0 aromatic heterocycles. The van der Waals surface area contributed by atoms with Gasteiger partial charge in [0.25, 0.3) is 0 Å². The predicted octanol–water partition coefficient (Wildman–Crippen LogP) is -5.52. The van der Waals surface area contributed by atoms with Gasteiger partial charge in [-0.1, -0.05) is 0 Å². The highest BCUT2D eigenvalue weighted by molar-refractivity contribution is 5.94. The van der Waals surface area contributed by atoms with E-state index in [1.165, 1.54) is 56.4 Å². The molecule has 0 aromatic carbocycles. The Balaban J connectivity index is -0.0000000933. The Kier molecular flexibility index (Phi) is 39.6. The van der Waals surface area contributed by atoms with Gasteiger partial charge in [0.15, 0.2) is 0 Å². The van der Waals surface area contributed by atoms with E-state index in [-0.39, 0.29) is 6.15 Å². The van der Waals surface area contributed by atoms with Crippen LogP contribution in [0.15, 0.2) is 0 Å². The number of urea groups is 12. The molecular weight excluding hydrogens is 712 g/mol. The molecule has 0 aromatic rings. The van der Waals surface area contributed by atoms with E-state index in [1.54, 1.807) is 16.2 Å². The van der Waals surface area contributed by atoms with E-state index in [1.807, 2.05) is 0 Å². The second-order valence-electron chi connectivity index (χ2n) is 7.64. The van der Waals surface area contributed by atoms with Gasteiger partial charge in [0.05, 0.1) is 0 Å². The Hall–Kier alpha value is -7.80. The minimum atomic E-state index is -0.938. The van der Waals surface area contributed by atoms with E-state index >= 15 is 0 Å². The standard InChI is InChI=1S/4C4H9N3O2.C2H6N4O2.C2H5N3O2.H3N/c4*1-6-4(9)7(2)3(5)8;3-1(7)5-6-2(4)8;3-1(6)5-2(4)7;/h4*1-2H3,(H2,5,8)(H,6,9);(H3,3,5,7)(H3,4,6,8);(H5,3,4,5,6,7);1H3. The number of carbonyl (C=O) groups excluding carboxylic acids is 12. The average molecular weight is 763 g/mol. The van der Waals surface area contributed by atoms with E-state index in [0.717, 1.165) is 19.6 Å². The highest BCUT2D eigenvalue weighted by Crippen LogP contribution is 1.81. The molecule has 0 saturated heterocycles. The van der Waals surface area contributed by atoms with Crippen molar-refractivity contribution in [1.82, 2.24) is 63.2 Å². The molecule has 26 N–H and O–H groups in total. The van der Waals surface area contributed by atoms with Gasteiger partial charge in [-0.05, 0) is 0 Å². The molecular formula is C20H50N20O12. The van der Waals surface area contributed by atoms with Crippen LogP contribution in [0, 0.1) is 0 Å². The van der Waals surface area contributed by atoms with Crippen molar-refractivity contribution in [2.45, 2.75) is 0 Å². The third-order valence-electron chi connectivity index (χ3n) is 3.95. The summed E-state index contributed by atoms with van der Waals surface area (Å²) in [6.07, 6.45) is 0. The normalized spacial score (nSPS) is 7.85. The highest BCUT2D eigenvalue weighted by Gasteiger charge is 2.11. The number of primary amides is 8. The van der Waals surface area contributed by atoms with Gasteiger partial charge in [-0.3, -0.25) is 5.32 Å². The monoisotopic (exact) mass is 762 g/mol. The fourth-order valence-corrected chi connectivity index (χ4v) is 1.32. The summed E-state index contributed by atoms with van der Waals surface area (Å²) in [7, 11) is 10.8. The Bertz CT molecular complexity index is 1060.